The van der Waals surface area contributed by atoms with Gasteiger partial charge in [0.25, 0.3) is 0 Å². The number of amides is 12. The highest BCUT2D eigenvalue weighted by molar-refractivity contribution is 6.04. The van der Waals surface area contributed by atoms with Crippen molar-refractivity contribution in [2.24, 2.45) is 23.1 Å². The standard InChI is InChI=1S/C55H79N15O26/c1-5-13-95-55(94)60-12-8-11-30(63-39(75)20-56)49(88)67-32(18-43(81)82)50(89)62-25(3)46(85)65-31(17-42(79)80)48(87)61-21-40(76)64-36(23-72)52(91)70-45(24(2)14-41(77)78)53(92)68-34(16-37(73)27-9-6-7-10-28(27)57)54(93)96-26(4)35(22-71)69-51(90)33(19-44(83)84)66-47(86)29(58)15-38(59)74/h5-7,9-10,22,24-26,29-36,45,72H,1,8,11-21,23,56-58H2,2-4H3,(H2,59,74)(H,60,94)(H,61,87)(H,62,89)(H,63,75)(H,64,76)(H,65,85)(H,66,86)(H,67,88)(H,68,92)(H,69,90)(H,70,91)(H,77,78)(H,79,80)(H,81,82)(H,83,84)/t24?,25-,26?,29?,30?,31-,32-,33?,34?,35?,36-,45-/m0/s1. The number of primary amides is 1. The fourth-order valence-electron chi connectivity index (χ4n) is 8.10. The maximum absolute atomic E-state index is 14.2. The number of aliphatic carboxylic acids is 4. The van der Waals surface area contributed by atoms with Crippen LogP contribution < -0.4 is 81.4 Å². The maximum Gasteiger partial charge on any atom is 0.407 e. The Kier molecular flexibility index (Phi) is 36.3. The highest BCUT2D eigenvalue weighted by Gasteiger charge is 2.38. The van der Waals surface area contributed by atoms with Crippen molar-refractivity contribution in [3.8, 4) is 0 Å². The molecule has 0 saturated carbocycles. The number of ether oxygens (including phenoxy) is 2. The van der Waals surface area contributed by atoms with Gasteiger partial charge < -0.3 is 121 Å². The molecule has 0 heterocycles. The van der Waals surface area contributed by atoms with Crippen molar-refractivity contribution in [2.75, 3.05) is 38.6 Å². The molecule has 12 amide bonds. The minimum absolute atomic E-state index is 0.00905. The Balaban J connectivity index is 3.38. The number of esters is 1. The molecule has 1 aromatic carbocycles. The molecular formula is C55H79N15O26. The number of para-hydroxylation sites is 1. The average Bonchev–Trinajstić information content (AvgIpc) is 0.882. The van der Waals surface area contributed by atoms with E-state index in [1.165, 1.54) is 30.3 Å². The second-order valence-electron chi connectivity index (χ2n) is 20.9. The number of carbonyl (C=O) groups is 19. The van der Waals surface area contributed by atoms with E-state index in [0.29, 0.717) is 0 Å². The number of nitrogens with one attached hydrogen (secondary N) is 11. The second kappa shape index (κ2) is 42.1. The number of Topliss-reactive ketones (excluding diaryl/α,β-unsaturated/α-hetero) is 1. The molecule has 0 aliphatic heterocycles. The van der Waals surface area contributed by atoms with Gasteiger partial charge in [-0.1, -0.05) is 31.7 Å². The number of aliphatic hydroxyl groups excluding tert-OH is 1. The van der Waals surface area contributed by atoms with Gasteiger partial charge in [0.15, 0.2) is 5.78 Å². The van der Waals surface area contributed by atoms with E-state index in [4.69, 9.17) is 32.4 Å². The van der Waals surface area contributed by atoms with Crippen molar-refractivity contribution in [3.63, 3.8) is 0 Å². The summed E-state index contributed by atoms with van der Waals surface area (Å²) >= 11 is 0. The third-order valence-electron chi connectivity index (χ3n) is 13.1. The predicted molar refractivity (Wildman–Crippen MR) is 322 cm³/mol. The highest BCUT2D eigenvalue weighted by Crippen LogP contribution is 2.17. The summed E-state index contributed by atoms with van der Waals surface area (Å²) in [4.78, 5) is 242. The zero-order chi connectivity index (χ0) is 73.1. The summed E-state index contributed by atoms with van der Waals surface area (Å²) in [5.41, 5.74) is 21.6. The summed E-state index contributed by atoms with van der Waals surface area (Å²) in [6, 6.07) is -13.7. The number of aldehydes is 1. The van der Waals surface area contributed by atoms with Gasteiger partial charge in [-0.15, -0.1) is 0 Å². The highest BCUT2D eigenvalue weighted by atomic mass is 16.6. The quantitative estimate of drug-likeness (QED) is 0.00720. The SMILES string of the molecule is C=CCOC(=O)NCCCC(NC(=O)CN)C(=O)N[C@@H](CC(=O)O)C(=O)N[C@@H](C)C(=O)N[C@@H](CC(=O)O)C(=O)NCC(=O)N[C@@H](CO)C(=O)N[C@H](C(=O)NC(CC(=O)c1ccccc1N)C(=O)OC(C)C(C=O)NC(=O)C(CC(=O)O)NC(=O)C(N)CC(N)=O)C(C)CC(=O)O. The Morgan fingerprint density at radius 3 is 1.61 bits per heavy atom. The van der Waals surface area contributed by atoms with E-state index >= 15 is 0 Å². The molecule has 24 N–H and O–H groups in total. The predicted octanol–water partition coefficient (Wildman–Crippen LogP) is -9.15. The first-order valence-electron chi connectivity index (χ1n) is 28.7. The first-order chi connectivity index (χ1) is 45.0. The fourth-order valence-corrected chi connectivity index (χ4v) is 8.10. The van der Waals surface area contributed by atoms with Crippen LogP contribution in [0.1, 0.15) is 82.5 Å². The summed E-state index contributed by atoms with van der Waals surface area (Å²) in [6.45, 7) is 3.24. The van der Waals surface area contributed by atoms with Crippen molar-refractivity contribution in [1.82, 2.24) is 58.5 Å². The molecule has 530 valence electrons. The smallest absolute Gasteiger partial charge is 0.407 e. The van der Waals surface area contributed by atoms with Gasteiger partial charge in [-0.3, -0.25) is 76.7 Å². The van der Waals surface area contributed by atoms with Gasteiger partial charge in [0.1, 0.15) is 73.4 Å². The van der Waals surface area contributed by atoms with Crippen molar-refractivity contribution in [2.45, 2.75) is 139 Å². The number of carboxylic acid groups (broad SMARTS) is 4. The zero-order valence-corrected chi connectivity index (χ0v) is 51.9. The van der Waals surface area contributed by atoms with Crippen LogP contribution >= 0.6 is 0 Å². The van der Waals surface area contributed by atoms with E-state index in [1.807, 2.05) is 21.3 Å². The summed E-state index contributed by atoms with van der Waals surface area (Å²) in [7, 11) is 0. The molecule has 1 aromatic rings. The molecular weight excluding hydrogens is 1290 g/mol. The van der Waals surface area contributed by atoms with E-state index in [9.17, 15) is 117 Å². The Bertz CT molecular complexity index is 3060. The van der Waals surface area contributed by atoms with Crippen molar-refractivity contribution in [1.29, 1.82) is 0 Å². The molecule has 0 bridgehead atoms. The van der Waals surface area contributed by atoms with Crippen LogP contribution in [0.25, 0.3) is 0 Å². The number of carbonyl (C=O) groups excluding carboxylic acids is 15. The number of hydrogen-bond donors (Lipinski definition) is 20. The number of ketones is 1. The van der Waals surface area contributed by atoms with Crippen LogP contribution in [0, 0.1) is 5.92 Å². The normalized spacial score (nSPS) is 14.4. The first kappa shape index (κ1) is 82.8. The van der Waals surface area contributed by atoms with Crippen LogP contribution in [0.4, 0.5) is 10.5 Å². The van der Waals surface area contributed by atoms with Crippen LogP contribution in [0.5, 0.6) is 0 Å². The van der Waals surface area contributed by atoms with E-state index in [1.54, 1.807) is 0 Å². The van der Waals surface area contributed by atoms with Crippen LogP contribution in [-0.2, 0) is 91.0 Å². The van der Waals surface area contributed by atoms with Gasteiger partial charge in [0.2, 0.25) is 65.0 Å². The number of benzene rings is 1. The van der Waals surface area contributed by atoms with Crippen LogP contribution in [-0.4, -0.2) is 238 Å². The van der Waals surface area contributed by atoms with E-state index in [-0.39, 0.29) is 43.5 Å². The molecule has 96 heavy (non-hydrogen) atoms. The van der Waals surface area contributed by atoms with Gasteiger partial charge >= 0.3 is 35.9 Å². The Morgan fingerprint density at radius 2 is 1.08 bits per heavy atom. The molecule has 0 saturated heterocycles. The number of anilines is 1. The molecule has 0 aliphatic rings. The van der Waals surface area contributed by atoms with Gasteiger partial charge in [-0.05, 0) is 44.7 Å². The van der Waals surface area contributed by atoms with Gasteiger partial charge in [-0.2, -0.15) is 0 Å². The minimum Gasteiger partial charge on any atom is -0.481 e. The topological polar surface area (TPSA) is 680 Å². The average molecular weight is 1370 g/mol. The molecule has 0 fully saturated rings. The summed E-state index contributed by atoms with van der Waals surface area (Å²) in [6.07, 6.45) is -7.57. The Labute approximate surface area is 544 Å². The van der Waals surface area contributed by atoms with E-state index < -0.39 is 237 Å². The third-order valence-corrected chi connectivity index (χ3v) is 13.1. The largest absolute Gasteiger partial charge is 0.481 e. The number of carboxylic acids is 4. The Morgan fingerprint density at radius 1 is 0.573 bits per heavy atom. The third kappa shape index (κ3) is 30.9. The first-order valence-corrected chi connectivity index (χ1v) is 28.7. The number of nitrogen functional groups attached to an aromatic ring is 1. The summed E-state index contributed by atoms with van der Waals surface area (Å²) in [5, 5.41) is 71.5. The lowest BCUT2D eigenvalue weighted by molar-refractivity contribution is -0.155. The molecule has 0 radical (unpaired) electrons. The lowest BCUT2D eigenvalue weighted by Gasteiger charge is -2.29. The van der Waals surface area contributed by atoms with Crippen LogP contribution in [0.15, 0.2) is 36.9 Å². The second-order valence-corrected chi connectivity index (χ2v) is 20.9. The Hall–Kier alpha value is -11.2. The molecule has 41 nitrogen and oxygen atoms in total. The maximum atomic E-state index is 14.2. The van der Waals surface area contributed by atoms with Crippen LogP contribution in [0.3, 0.4) is 0 Å². The summed E-state index contributed by atoms with van der Waals surface area (Å²) < 4.78 is 10.1. The molecule has 0 aliphatic carbocycles. The number of rotatable bonds is 45. The lowest BCUT2D eigenvalue weighted by Crippen LogP contribution is -2.60. The molecule has 1 rings (SSSR count). The molecule has 41 heteroatoms. The van der Waals surface area contributed by atoms with Crippen molar-refractivity contribution >= 4 is 119 Å². The van der Waals surface area contributed by atoms with Crippen LogP contribution in [0.2, 0.25) is 0 Å². The van der Waals surface area contributed by atoms with E-state index in [0.717, 1.165) is 20.8 Å². The number of hydrogen-bond acceptors (Lipinski definition) is 25. The molecule has 0 aromatic heterocycles. The molecule has 12 atom stereocenters. The fraction of sp³-hybridized carbons (Fsp3) is 0.509. The lowest BCUT2D eigenvalue weighted by atomic mass is 9.96. The van der Waals surface area contributed by atoms with Crippen molar-refractivity contribution < 1.29 is 126 Å². The number of nitrogens with two attached hydrogens (primary N) is 4. The minimum atomic E-state index is -2.14. The number of aliphatic hydroxyl groups is 1. The van der Waals surface area contributed by atoms with Gasteiger partial charge in [0, 0.05) is 24.2 Å². The molecule has 0 spiro atoms. The summed E-state index contributed by atoms with van der Waals surface area (Å²) in [5.74, 6) is -24.3. The molecule has 7 unspecified atom stereocenters. The number of alkyl carbamates (subject to hydrolysis) is 1. The zero-order valence-electron chi connectivity index (χ0n) is 51.9. The van der Waals surface area contributed by atoms with E-state index in [2.05, 4.69) is 43.8 Å². The van der Waals surface area contributed by atoms with Gasteiger partial charge in [-0.25, -0.2) is 9.59 Å². The monoisotopic (exact) mass is 1370 g/mol. The van der Waals surface area contributed by atoms with Crippen molar-refractivity contribution in [3.05, 3.63) is 42.5 Å². The van der Waals surface area contributed by atoms with Gasteiger partial charge in [0.05, 0.1) is 57.8 Å².